The topological polar surface area (TPSA) is 52.6 Å². The number of rotatable bonds is 3. The Morgan fingerprint density at radius 1 is 1.05 bits per heavy atom. The van der Waals surface area contributed by atoms with Gasteiger partial charge >= 0.3 is 11.9 Å². The summed E-state index contributed by atoms with van der Waals surface area (Å²) in [4.78, 5) is 23.2. The molecule has 4 nitrogen and oxygen atoms in total. The minimum atomic E-state index is -0.963. The number of esters is 2. The van der Waals surface area contributed by atoms with Crippen molar-refractivity contribution in [3.63, 3.8) is 0 Å². The van der Waals surface area contributed by atoms with Crippen LogP contribution in [0.15, 0.2) is 42.5 Å². The van der Waals surface area contributed by atoms with Gasteiger partial charge in [0.25, 0.3) is 0 Å². The third kappa shape index (κ3) is 2.74. The fourth-order valence-corrected chi connectivity index (χ4v) is 2.97. The molecule has 2 aliphatic carbocycles. The molecule has 0 amide bonds. The summed E-state index contributed by atoms with van der Waals surface area (Å²) in [7, 11) is 0. The average Bonchev–Trinajstić information content (AvgIpc) is 3.08. The van der Waals surface area contributed by atoms with Crippen molar-refractivity contribution < 1.29 is 19.1 Å². The third-order valence-electron chi connectivity index (χ3n) is 3.97. The lowest BCUT2D eigenvalue weighted by atomic mass is 9.95. The number of carbonyl (C=O) groups excluding carboxylic acids is 2. The van der Waals surface area contributed by atoms with Gasteiger partial charge in [-0.25, -0.2) is 9.59 Å². The molecular formula is C16H16O4. The Balaban J connectivity index is 1.47. The molecule has 1 saturated carbocycles. The van der Waals surface area contributed by atoms with Crippen LogP contribution in [0.25, 0.3) is 0 Å². The summed E-state index contributed by atoms with van der Waals surface area (Å²) in [5, 5.41) is 0. The fourth-order valence-electron chi connectivity index (χ4n) is 2.97. The van der Waals surface area contributed by atoms with Crippen LogP contribution in [0, 0.1) is 17.8 Å². The molecule has 1 fully saturated rings. The van der Waals surface area contributed by atoms with Crippen molar-refractivity contribution in [3.8, 4) is 5.75 Å². The normalized spacial score (nSPS) is 26.5. The van der Waals surface area contributed by atoms with Crippen LogP contribution in [0.3, 0.4) is 0 Å². The van der Waals surface area contributed by atoms with Gasteiger partial charge in [-0.1, -0.05) is 30.4 Å². The van der Waals surface area contributed by atoms with E-state index in [0.717, 1.165) is 12.8 Å². The van der Waals surface area contributed by atoms with Gasteiger partial charge < -0.3 is 9.47 Å². The van der Waals surface area contributed by atoms with Crippen molar-refractivity contribution in [1.82, 2.24) is 0 Å². The molecule has 0 aliphatic heterocycles. The van der Waals surface area contributed by atoms with Crippen molar-refractivity contribution in [2.45, 2.75) is 12.8 Å². The number of carbonyl (C=O) groups is 2. The molecule has 3 atom stereocenters. The molecule has 104 valence electrons. The van der Waals surface area contributed by atoms with E-state index in [1.165, 1.54) is 0 Å². The highest BCUT2D eigenvalue weighted by Gasteiger charge is 2.36. The van der Waals surface area contributed by atoms with Crippen molar-refractivity contribution >= 4 is 11.9 Å². The van der Waals surface area contributed by atoms with Crippen LogP contribution in [0.5, 0.6) is 5.75 Å². The van der Waals surface area contributed by atoms with Gasteiger partial charge in [-0.3, -0.25) is 0 Å². The summed E-state index contributed by atoms with van der Waals surface area (Å²) in [5.74, 6) is -0.0656. The quantitative estimate of drug-likeness (QED) is 0.367. The molecule has 1 aromatic rings. The molecule has 0 N–H and O–H groups in total. The van der Waals surface area contributed by atoms with Crippen LogP contribution in [-0.2, 0) is 14.3 Å². The number of benzene rings is 1. The number of hydrogen-bond acceptors (Lipinski definition) is 4. The zero-order chi connectivity index (χ0) is 13.9. The molecule has 0 radical (unpaired) electrons. The molecule has 0 heterocycles. The molecule has 4 heteroatoms. The van der Waals surface area contributed by atoms with Gasteiger partial charge in [0.05, 0.1) is 6.61 Å². The summed E-state index contributed by atoms with van der Waals surface area (Å²) in [6, 6.07) is 8.50. The Hall–Kier alpha value is -2.10. The molecule has 0 spiro atoms. The van der Waals surface area contributed by atoms with E-state index < -0.39 is 11.9 Å². The lowest BCUT2D eigenvalue weighted by molar-refractivity contribution is -0.163. The first-order chi connectivity index (χ1) is 9.72. The molecule has 0 saturated heterocycles. The smallest absolute Gasteiger partial charge is 0.422 e. The molecule has 0 aromatic heterocycles. The van der Waals surface area contributed by atoms with E-state index in [-0.39, 0.29) is 0 Å². The Bertz CT molecular complexity index is 535. The summed E-state index contributed by atoms with van der Waals surface area (Å²) in [6.45, 7) is 0.300. The monoisotopic (exact) mass is 272 g/mol. The number of para-hydroxylation sites is 1. The SMILES string of the molecule is O=C(OCC1CC2C=CC1C2)C(=O)Oc1ccccc1. The van der Waals surface area contributed by atoms with Crippen LogP contribution < -0.4 is 4.74 Å². The minimum absolute atomic E-state index is 0.300. The molecule has 1 aromatic carbocycles. The van der Waals surface area contributed by atoms with E-state index in [1.54, 1.807) is 30.3 Å². The standard InChI is InChI=1S/C16H16O4/c17-15(16(18)20-14-4-2-1-3-5-14)19-10-13-9-11-6-7-12(13)8-11/h1-7,11-13H,8-10H2. The predicted octanol–water partition coefficient (Wildman–Crippen LogP) is 2.35. The first-order valence-corrected chi connectivity index (χ1v) is 6.84. The molecule has 2 aliphatic rings. The number of allylic oxidation sites excluding steroid dienone is 2. The molecular weight excluding hydrogens is 256 g/mol. The summed E-state index contributed by atoms with van der Waals surface area (Å²) in [6.07, 6.45) is 6.61. The maximum absolute atomic E-state index is 11.6. The van der Waals surface area contributed by atoms with E-state index in [1.807, 2.05) is 0 Å². The Kier molecular flexibility index (Phi) is 3.54. The Morgan fingerprint density at radius 2 is 1.85 bits per heavy atom. The highest BCUT2D eigenvalue weighted by atomic mass is 16.6. The third-order valence-corrected chi connectivity index (χ3v) is 3.97. The molecule has 3 rings (SSSR count). The number of ether oxygens (including phenoxy) is 2. The highest BCUT2D eigenvalue weighted by Crippen LogP contribution is 2.43. The van der Waals surface area contributed by atoms with Crippen molar-refractivity contribution in [2.24, 2.45) is 17.8 Å². The second kappa shape index (κ2) is 5.49. The molecule has 20 heavy (non-hydrogen) atoms. The Labute approximate surface area is 117 Å². The van der Waals surface area contributed by atoms with Crippen LogP contribution in [0.2, 0.25) is 0 Å². The van der Waals surface area contributed by atoms with Gasteiger partial charge in [0.1, 0.15) is 5.75 Å². The average molecular weight is 272 g/mol. The molecule has 3 unspecified atom stereocenters. The van der Waals surface area contributed by atoms with Crippen molar-refractivity contribution in [1.29, 1.82) is 0 Å². The van der Waals surface area contributed by atoms with E-state index in [4.69, 9.17) is 9.47 Å². The summed E-state index contributed by atoms with van der Waals surface area (Å²) < 4.78 is 9.99. The maximum atomic E-state index is 11.6. The second-order valence-corrected chi connectivity index (χ2v) is 5.34. The van der Waals surface area contributed by atoms with Crippen LogP contribution in [0.1, 0.15) is 12.8 Å². The van der Waals surface area contributed by atoms with E-state index in [9.17, 15) is 9.59 Å². The highest BCUT2D eigenvalue weighted by molar-refractivity contribution is 6.30. The first kappa shape index (κ1) is 12.9. The van der Waals surface area contributed by atoms with Gasteiger partial charge in [0.15, 0.2) is 0 Å². The number of fused-ring (bicyclic) bond motifs is 2. The zero-order valence-corrected chi connectivity index (χ0v) is 11.0. The van der Waals surface area contributed by atoms with E-state index in [2.05, 4.69) is 12.2 Å². The fraction of sp³-hybridized carbons (Fsp3) is 0.375. The predicted molar refractivity (Wildman–Crippen MR) is 71.9 cm³/mol. The number of hydrogen-bond donors (Lipinski definition) is 0. The first-order valence-electron chi connectivity index (χ1n) is 6.84. The van der Waals surface area contributed by atoms with E-state index in [0.29, 0.717) is 30.1 Å². The van der Waals surface area contributed by atoms with Gasteiger partial charge in [0, 0.05) is 0 Å². The lowest BCUT2D eigenvalue weighted by Crippen LogP contribution is -2.26. The largest absolute Gasteiger partial charge is 0.457 e. The van der Waals surface area contributed by atoms with Crippen LogP contribution in [0.4, 0.5) is 0 Å². The van der Waals surface area contributed by atoms with Crippen LogP contribution >= 0.6 is 0 Å². The van der Waals surface area contributed by atoms with Crippen molar-refractivity contribution in [2.75, 3.05) is 6.61 Å². The minimum Gasteiger partial charge on any atom is -0.457 e. The van der Waals surface area contributed by atoms with Crippen LogP contribution in [-0.4, -0.2) is 18.5 Å². The van der Waals surface area contributed by atoms with Gasteiger partial charge in [-0.15, -0.1) is 0 Å². The summed E-state index contributed by atoms with van der Waals surface area (Å²) in [5.41, 5.74) is 0. The second-order valence-electron chi connectivity index (χ2n) is 5.34. The van der Waals surface area contributed by atoms with Crippen molar-refractivity contribution in [3.05, 3.63) is 42.5 Å². The van der Waals surface area contributed by atoms with Gasteiger partial charge in [-0.05, 0) is 42.7 Å². The lowest BCUT2D eigenvalue weighted by Gasteiger charge is -2.17. The van der Waals surface area contributed by atoms with E-state index >= 15 is 0 Å². The summed E-state index contributed by atoms with van der Waals surface area (Å²) >= 11 is 0. The Morgan fingerprint density at radius 3 is 2.50 bits per heavy atom. The zero-order valence-electron chi connectivity index (χ0n) is 11.0. The maximum Gasteiger partial charge on any atom is 0.422 e. The van der Waals surface area contributed by atoms with Gasteiger partial charge in [-0.2, -0.15) is 0 Å². The molecule has 2 bridgehead atoms. The van der Waals surface area contributed by atoms with Gasteiger partial charge in [0.2, 0.25) is 0 Å².